The summed E-state index contributed by atoms with van der Waals surface area (Å²) in [5.41, 5.74) is 8.25. The number of hydrogen-bond donors (Lipinski definition) is 3. The molecule has 4 nitrogen and oxygen atoms in total. The number of nitrogens with two attached hydrogens (primary N) is 1. The number of rotatable bonds is 13. The van der Waals surface area contributed by atoms with Gasteiger partial charge in [0.1, 0.15) is 5.78 Å². The first-order valence-electron chi connectivity index (χ1n) is 10.8. The van der Waals surface area contributed by atoms with E-state index in [4.69, 9.17) is 5.73 Å². The Labute approximate surface area is 171 Å². The van der Waals surface area contributed by atoms with E-state index in [1.807, 2.05) is 0 Å². The fourth-order valence-corrected chi connectivity index (χ4v) is 4.52. The first kappa shape index (κ1) is 22.3. The van der Waals surface area contributed by atoms with Gasteiger partial charge in [0.05, 0.1) is 12.6 Å². The van der Waals surface area contributed by atoms with E-state index in [2.05, 4.69) is 42.5 Å². The Balaban J connectivity index is 1.73. The average Bonchev–Trinajstić information content (AvgIpc) is 3.25. The van der Waals surface area contributed by atoms with Crippen LogP contribution in [0.4, 0.5) is 0 Å². The van der Waals surface area contributed by atoms with Gasteiger partial charge in [0.15, 0.2) is 0 Å². The van der Waals surface area contributed by atoms with E-state index in [0.717, 1.165) is 42.0 Å². The lowest BCUT2D eigenvalue weighted by molar-refractivity contribution is -0.116. The van der Waals surface area contributed by atoms with Crippen LogP contribution < -0.4 is 16.4 Å². The molecule has 0 heterocycles. The van der Waals surface area contributed by atoms with E-state index in [1.165, 1.54) is 38.5 Å². The molecule has 4 heteroatoms. The highest BCUT2D eigenvalue weighted by atomic mass is 16.1. The molecular weight excluding hydrogens is 346 g/mol. The molecule has 3 unspecified atom stereocenters. The molecule has 2 aliphatic carbocycles. The molecule has 1 saturated carbocycles. The van der Waals surface area contributed by atoms with Gasteiger partial charge >= 0.3 is 0 Å². The van der Waals surface area contributed by atoms with E-state index in [9.17, 15) is 4.79 Å². The lowest BCUT2D eigenvalue weighted by atomic mass is 10.0. The van der Waals surface area contributed by atoms with E-state index in [0.29, 0.717) is 18.7 Å². The first-order valence-corrected chi connectivity index (χ1v) is 10.8. The highest BCUT2D eigenvalue weighted by molar-refractivity contribution is 5.77. The van der Waals surface area contributed by atoms with Crippen molar-refractivity contribution in [1.29, 1.82) is 0 Å². The summed E-state index contributed by atoms with van der Waals surface area (Å²) in [6.45, 7) is 14.0. The third kappa shape index (κ3) is 7.57. The normalized spacial score (nSPS) is 25.4. The Hall–Kier alpha value is -1.97. The molecule has 2 aliphatic rings. The number of fused-ring (bicyclic) bond motifs is 1. The predicted molar refractivity (Wildman–Crippen MR) is 118 cm³/mol. The van der Waals surface area contributed by atoms with Gasteiger partial charge in [0, 0.05) is 17.1 Å². The zero-order chi connectivity index (χ0) is 20.5. The zero-order valence-corrected chi connectivity index (χ0v) is 17.6. The number of carbonyl (C=O) groups excluding carboxylic acids is 1. The maximum atomic E-state index is 11.2. The average molecular weight is 386 g/mol. The van der Waals surface area contributed by atoms with E-state index in [1.54, 1.807) is 6.92 Å². The highest BCUT2D eigenvalue weighted by Gasteiger charge is 2.47. The van der Waals surface area contributed by atoms with E-state index < -0.39 is 0 Å². The molecule has 0 radical (unpaired) electrons. The second-order valence-corrected chi connectivity index (χ2v) is 8.59. The fraction of sp³-hybridized carbons (Fsp3) is 0.625. The lowest BCUT2D eigenvalue weighted by Crippen LogP contribution is -2.37. The molecule has 28 heavy (non-hydrogen) atoms. The Bertz CT molecular complexity index is 591. The molecule has 0 aromatic carbocycles. The van der Waals surface area contributed by atoms with Gasteiger partial charge in [-0.2, -0.15) is 0 Å². The molecule has 3 atom stereocenters. The van der Waals surface area contributed by atoms with Crippen LogP contribution in [0, 0.1) is 17.8 Å². The molecule has 1 fully saturated rings. The largest absolute Gasteiger partial charge is 0.403 e. The minimum Gasteiger partial charge on any atom is -0.403 e. The van der Waals surface area contributed by atoms with Gasteiger partial charge in [-0.25, -0.2) is 0 Å². The van der Waals surface area contributed by atoms with Crippen molar-refractivity contribution in [3.8, 4) is 0 Å². The minimum absolute atomic E-state index is 0.00811. The van der Waals surface area contributed by atoms with Gasteiger partial charge in [0.2, 0.25) is 0 Å². The van der Waals surface area contributed by atoms with Crippen LogP contribution in [0.25, 0.3) is 0 Å². The third-order valence-corrected chi connectivity index (χ3v) is 6.14. The molecule has 156 valence electrons. The summed E-state index contributed by atoms with van der Waals surface area (Å²) in [5.74, 6) is 2.95. The summed E-state index contributed by atoms with van der Waals surface area (Å²) in [7, 11) is 0. The number of Topliss-reactive ketones (excluding diaryl/α,β-unsaturated/α-hetero) is 1. The molecule has 0 aromatic rings. The molecule has 2 rings (SSSR count). The standard InChI is InChI=1S/C24H39N3O/c1-17(25)14-15-24(20(4)26-16-19(3)28)27-18(2)10-9-13-23-21-11-7-5-6-8-12-22(21)23/h5-6,21-24,26-27H,1-2,4,7-16,25H2,3H3/b6-5-. The monoisotopic (exact) mass is 385 g/mol. The lowest BCUT2D eigenvalue weighted by Gasteiger charge is -2.24. The topological polar surface area (TPSA) is 67.2 Å². The van der Waals surface area contributed by atoms with Gasteiger partial charge in [-0.3, -0.25) is 4.79 Å². The summed E-state index contributed by atoms with van der Waals surface area (Å²) in [6.07, 6.45) is 15.0. The van der Waals surface area contributed by atoms with E-state index >= 15 is 0 Å². The molecule has 0 aliphatic heterocycles. The Morgan fingerprint density at radius 3 is 2.36 bits per heavy atom. The fourth-order valence-electron chi connectivity index (χ4n) is 4.52. The molecule has 0 amide bonds. The highest BCUT2D eigenvalue weighted by Crippen LogP contribution is 2.55. The van der Waals surface area contributed by atoms with Gasteiger partial charge in [-0.05, 0) is 82.5 Å². The van der Waals surface area contributed by atoms with Crippen LogP contribution >= 0.6 is 0 Å². The number of carbonyl (C=O) groups is 1. The minimum atomic E-state index is 0.00811. The van der Waals surface area contributed by atoms with Gasteiger partial charge in [-0.15, -0.1) is 0 Å². The predicted octanol–water partition coefficient (Wildman–Crippen LogP) is 4.57. The van der Waals surface area contributed by atoms with E-state index in [-0.39, 0.29) is 11.8 Å². The zero-order valence-electron chi connectivity index (χ0n) is 17.6. The summed E-state index contributed by atoms with van der Waals surface area (Å²) < 4.78 is 0. The summed E-state index contributed by atoms with van der Waals surface area (Å²) in [4.78, 5) is 11.2. The smallest absolute Gasteiger partial charge is 0.148 e. The first-order chi connectivity index (χ1) is 13.4. The third-order valence-electron chi connectivity index (χ3n) is 6.14. The van der Waals surface area contributed by atoms with Crippen LogP contribution in [-0.2, 0) is 4.79 Å². The SMILES string of the molecule is C=C(N)CCC(NC(=C)CCCC1C2CC/C=C\CCC21)C(=C)NCC(C)=O. The van der Waals surface area contributed by atoms with Crippen LogP contribution in [0.1, 0.15) is 64.7 Å². The Morgan fingerprint density at radius 1 is 1.14 bits per heavy atom. The van der Waals surface area contributed by atoms with Crippen LogP contribution in [0.5, 0.6) is 0 Å². The van der Waals surface area contributed by atoms with Crippen LogP contribution in [0.3, 0.4) is 0 Å². The van der Waals surface area contributed by atoms with Gasteiger partial charge < -0.3 is 16.4 Å². The van der Waals surface area contributed by atoms with Crippen LogP contribution in [0.2, 0.25) is 0 Å². The molecule has 0 spiro atoms. The van der Waals surface area contributed by atoms with Crippen molar-refractivity contribution in [2.24, 2.45) is 23.5 Å². The Kier molecular flexibility index (Phi) is 8.88. The maximum Gasteiger partial charge on any atom is 0.148 e. The van der Waals surface area contributed by atoms with Crippen molar-refractivity contribution in [2.45, 2.75) is 70.8 Å². The van der Waals surface area contributed by atoms with Crippen LogP contribution in [-0.4, -0.2) is 18.4 Å². The number of ketones is 1. The van der Waals surface area contributed by atoms with Crippen molar-refractivity contribution >= 4 is 5.78 Å². The van der Waals surface area contributed by atoms with Crippen molar-refractivity contribution in [2.75, 3.05) is 6.54 Å². The van der Waals surface area contributed by atoms with Crippen molar-refractivity contribution in [3.05, 3.63) is 49.0 Å². The summed E-state index contributed by atoms with van der Waals surface area (Å²) in [5, 5.41) is 6.62. The molecular formula is C24H39N3O. The maximum absolute atomic E-state index is 11.2. The van der Waals surface area contributed by atoms with Crippen molar-refractivity contribution in [1.82, 2.24) is 10.6 Å². The number of hydrogen-bond acceptors (Lipinski definition) is 4. The second-order valence-electron chi connectivity index (χ2n) is 8.59. The molecule has 0 bridgehead atoms. The van der Waals surface area contributed by atoms with Gasteiger partial charge in [-0.1, -0.05) is 31.9 Å². The van der Waals surface area contributed by atoms with Gasteiger partial charge in [0.25, 0.3) is 0 Å². The second kappa shape index (κ2) is 11.1. The molecule has 4 N–H and O–H groups in total. The van der Waals surface area contributed by atoms with Crippen molar-refractivity contribution < 1.29 is 4.79 Å². The quantitative estimate of drug-likeness (QED) is 0.406. The number of nitrogens with one attached hydrogen (secondary N) is 2. The van der Waals surface area contributed by atoms with Crippen molar-refractivity contribution in [3.63, 3.8) is 0 Å². The molecule has 0 aromatic heterocycles. The van der Waals surface area contributed by atoms with Crippen LogP contribution in [0.15, 0.2) is 49.0 Å². The summed E-state index contributed by atoms with van der Waals surface area (Å²) in [6, 6.07) is 0.00811. The molecule has 0 saturated heterocycles. The number of allylic oxidation sites excluding steroid dienone is 4. The Morgan fingerprint density at radius 2 is 1.79 bits per heavy atom. The summed E-state index contributed by atoms with van der Waals surface area (Å²) >= 11 is 0.